The lowest BCUT2D eigenvalue weighted by Crippen LogP contribution is -2.45. The molecule has 0 saturated heterocycles. The molecule has 0 aliphatic heterocycles. The van der Waals surface area contributed by atoms with Crippen molar-refractivity contribution in [1.29, 1.82) is 0 Å². The maximum Gasteiger partial charge on any atom is 0.243 e. The Morgan fingerprint density at radius 3 is 2.45 bits per heavy atom. The number of nitrogens with zero attached hydrogens (tertiary/aromatic N) is 2. The molecule has 1 aromatic heterocycles. The molecular weight excluding hydrogens is 456 g/mol. The Balaban J connectivity index is 1.64. The topological polar surface area (TPSA) is 101 Å². The van der Waals surface area contributed by atoms with Crippen molar-refractivity contribution in [3.05, 3.63) is 83.4 Å². The van der Waals surface area contributed by atoms with E-state index in [1.807, 2.05) is 30.3 Å². The number of hydrogen-bond acceptors (Lipinski definition) is 6. The molecule has 4 aromatic rings. The number of amides is 1. The third kappa shape index (κ3) is 5.08. The highest BCUT2D eigenvalue weighted by Crippen LogP contribution is 2.22. The summed E-state index contributed by atoms with van der Waals surface area (Å²) < 4.78 is 37.1. The molecule has 10 heteroatoms. The van der Waals surface area contributed by atoms with Crippen molar-refractivity contribution in [1.82, 2.24) is 13.5 Å². The summed E-state index contributed by atoms with van der Waals surface area (Å²) in [5.74, 6) is -0.488. The van der Waals surface area contributed by atoms with E-state index in [1.54, 1.807) is 36.4 Å². The van der Waals surface area contributed by atoms with Crippen molar-refractivity contribution in [2.75, 3.05) is 5.32 Å². The van der Waals surface area contributed by atoms with Gasteiger partial charge in [-0.2, -0.15) is 13.5 Å². The van der Waals surface area contributed by atoms with Gasteiger partial charge in [-0.3, -0.25) is 4.79 Å². The van der Waals surface area contributed by atoms with Crippen molar-refractivity contribution >= 4 is 56.0 Å². The second kappa shape index (κ2) is 9.11. The molecule has 0 spiro atoms. The normalized spacial score (nSPS) is 12.5. The average Bonchev–Trinajstić information content (AvgIpc) is 3.24. The van der Waals surface area contributed by atoms with E-state index in [-0.39, 0.29) is 16.8 Å². The number of halogens is 1. The molecule has 1 amide bonds. The Kier molecular flexibility index (Phi) is 6.28. The maximum absolute atomic E-state index is 13.2. The highest BCUT2D eigenvalue weighted by atomic mass is 35.5. The van der Waals surface area contributed by atoms with Gasteiger partial charge in [0.1, 0.15) is 22.0 Å². The summed E-state index contributed by atoms with van der Waals surface area (Å²) in [6.45, 7) is 0. The van der Waals surface area contributed by atoms with Crippen molar-refractivity contribution in [2.24, 2.45) is 0 Å². The van der Waals surface area contributed by atoms with Crippen LogP contribution in [0.5, 0.6) is 0 Å². The first-order valence-corrected chi connectivity index (χ1v) is 11.9. The minimum atomic E-state index is -4.05. The van der Waals surface area contributed by atoms with E-state index in [2.05, 4.69) is 18.8 Å². The van der Waals surface area contributed by atoms with Gasteiger partial charge in [0.05, 0.1) is 11.7 Å². The van der Waals surface area contributed by atoms with Crippen LogP contribution in [0.15, 0.2) is 77.7 Å². The average molecular weight is 473 g/mol. The molecule has 0 unspecified atom stereocenters. The van der Waals surface area contributed by atoms with E-state index in [9.17, 15) is 13.2 Å². The molecule has 1 atom stereocenters. The fourth-order valence-corrected chi connectivity index (χ4v) is 5.14. The Labute approximate surface area is 188 Å². The zero-order valence-corrected chi connectivity index (χ0v) is 18.4. The summed E-state index contributed by atoms with van der Waals surface area (Å²) in [6, 6.07) is 19.5. The highest BCUT2D eigenvalue weighted by molar-refractivity contribution is 7.89. The van der Waals surface area contributed by atoms with Gasteiger partial charge >= 0.3 is 0 Å². The number of carbonyl (C=O) groups excluding carboxylic acids is 1. The van der Waals surface area contributed by atoms with Gasteiger partial charge in [0.2, 0.25) is 15.9 Å². The number of carbonyl (C=O) groups is 1. The summed E-state index contributed by atoms with van der Waals surface area (Å²) >= 11 is 6.83. The molecule has 31 heavy (non-hydrogen) atoms. The van der Waals surface area contributed by atoms with Gasteiger partial charge in [-0.15, -0.1) is 0 Å². The number of nitrogens with one attached hydrogen (secondary N) is 2. The predicted molar refractivity (Wildman–Crippen MR) is 122 cm³/mol. The van der Waals surface area contributed by atoms with Gasteiger partial charge in [-0.1, -0.05) is 48.0 Å². The van der Waals surface area contributed by atoms with Gasteiger partial charge in [0.25, 0.3) is 0 Å². The molecule has 4 rings (SSSR count). The smallest absolute Gasteiger partial charge is 0.243 e. The molecule has 2 N–H and O–H groups in total. The minimum absolute atomic E-state index is 0.0175. The monoisotopic (exact) mass is 472 g/mol. The second-order valence-corrected chi connectivity index (χ2v) is 9.40. The molecule has 1 heterocycles. The van der Waals surface area contributed by atoms with Crippen LogP contribution in [0.25, 0.3) is 11.0 Å². The van der Waals surface area contributed by atoms with Crippen LogP contribution in [-0.2, 0) is 21.2 Å². The van der Waals surface area contributed by atoms with Gasteiger partial charge in [0.15, 0.2) is 0 Å². The van der Waals surface area contributed by atoms with E-state index >= 15 is 0 Å². The van der Waals surface area contributed by atoms with Crippen LogP contribution in [0.4, 0.5) is 5.69 Å². The summed E-state index contributed by atoms with van der Waals surface area (Å²) in [7, 11) is -4.05. The van der Waals surface area contributed by atoms with E-state index in [0.29, 0.717) is 16.2 Å². The third-order valence-electron chi connectivity index (χ3n) is 4.55. The van der Waals surface area contributed by atoms with Crippen LogP contribution in [0, 0.1) is 0 Å². The molecule has 0 aliphatic carbocycles. The lowest BCUT2D eigenvalue weighted by molar-refractivity contribution is -0.117. The number of anilines is 1. The maximum atomic E-state index is 13.2. The quantitative estimate of drug-likeness (QED) is 0.425. The number of hydrogen-bond donors (Lipinski definition) is 2. The molecular formula is C21H17ClN4O3S2. The number of rotatable bonds is 7. The van der Waals surface area contributed by atoms with Crippen LogP contribution in [0.2, 0.25) is 5.02 Å². The van der Waals surface area contributed by atoms with Crippen LogP contribution in [-0.4, -0.2) is 29.1 Å². The Morgan fingerprint density at radius 1 is 0.968 bits per heavy atom. The fraction of sp³-hybridized carbons (Fsp3) is 0.0952. The second-order valence-electron chi connectivity index (χ2n) is 6.75. The van der Waals surface area contributed by atoms with Crippen LogP contribution in [0.3, 0.4) is 0 Å². The Hall–Kier alpha value is -2.85. The van der Waals surface area contributed by atoms with Gasteiger partial charge in [-0.25, -0.2) is 8.42 Å². The number of aromatic nitrogens is 2. The summed E-state index contributed by atoms with van der Waals surface area (Å²) in [4.78, 5) is 13.0. The lowest BCUT2D eigenvalue weighted by Gasteiger charge is -2.19. The largest absolute Gasteiger partial charge is 0.325 e. The van der Waals surface area contributed by atoms with Crippen molar-refractivity contribution in [2.45, 2.75) is 17.4 Å². The van der Waals surface area contributed by atoms with E-state index in [0.717, 1.165) is 17.3 Å². The molecule has 7 nitrogen and oxygen atoms in total. The van der Waals surface area contributed by atoms with Crippen LogP contribution in [0.1, 0.15) is 5.56 Å². The first-order valence-electron chi connectivity index (χ1n) is 9.26. The van der Waals surface area contributed by atoms with Crippen molar-refractivity contribution in [3.63, 3.8) is 0 Å². The Morgan fingerprint density at radius 2 is 1.71 bits per heavy atom. The van der Waals surface area contributed by atoms with Crippen LogP contribution < -0.4 is 10.0 Å². The zero-order chi connectivity index (χ0) is 21.8. The molecule has 0 bridgehead atoms. The number of sulfonamides is 1. The fourth-order valence-electron chi connectivity index (χ4n) is 3.05. The molecule has 0 saturated carbocycles. The first-order chi connectivity index (χ1) is 14.9. The number of fused-ring (bicyclic) bond motifs is 1. The van der Waals surface area contributed by atoms with E-state index in [4.69, 9.17) is 11.6 Å². The molecule has 0 aliphatic rings. The lowest BCUT2D eigenvalue weighted by atomic mass is 10.1. The molecule has 0 radical (unpaired) electrons. The van der Waals surface area contributed by atoms with E-state index in [1.165, 1.54) is 6.07 Å². The Bertz CT molecular complexity index is 1310. The molecule has 3 aromatic carbocycles. The van der Waals surface area contributed by atoms with Gasteiger partial charge in [-0.05, 0) is 48.4 Å². The van der Waals surface area contributed by atoms with Crippen molar-refractivity contribution in [3.8, 4) is 0 Å². The summed E-state index contributed by atoms with van der Waals surface area (Å²) in [5, 5.41) is 3.28. The summed E-state index contributed by atoms with van der Waals surface area (Å²) in [6.07, 6.45) is 0.171. The SMILES string of the molecule is O=C(Nc1ccc(Cl)cc1)[C@H](Cc1ccccc1)NS(=O)(=O)c1cccc2nsnc12. The minimum Gasteiger partial charge on any atom is -0.325 e. The van der Waals surface area contributed by atoms with Gasteiger partial charge in [0, 0.05) is 10.7 Å². The highest BCUT2D eigenvalue weighted by Gasteiger charge is 2.28. The number of benzene rings is 3. The van der Waals surface area contributed by atoms with Gasteiger partial charge < -0.3 is 5.32 Å². The summed E-state index contributed by atoms with van der Waals surface area (Å²) in [5.41, 5.74) is 2.09. The first kappa shape index (κ1) is 21.4. The van der Waals surface area contributed by atoms with Crippen molar-refractivity contribution < 1.29 is 13.2 Å². The predicted octanol–water partition coefficient (Wildman–Crippen LogP) is 3.87. The third-order valence-corrected chi connectivity index (χ3v) is 6.84. The molecule has 0 fully saturated rings. The van der Waals surface area contributed by atoms with E-state index < -0.39 is 22.0 Å². The molecule has 158 valence electrons. The standard InChI is InChI=1S/C21H17ClN4O3S2/c22-15-9-11-16(12-10-15)23-21(27)18(13-14-5-2-1-3-6-14)26-31(28,29)19-8-4-7-17-20(19)25-30-24-17/h1-12,18,26H,13H2,(H,23,27)/t18-/m0/s1. The van der Waals surface area contributed by atoms with Crippen LogP contribution >= 0.6 is 23.3 Å². The zero-order valence-electron chi connectivity index (χ0n) is 16.0.